The molecule has 22 nitrogen and oxygen atoms in total. The van der Waals surface area contributed by atoms with Crippen molar-refractivity contribution in [1.82, 2.24) is 0 Å². The Labute approximate surface area is 361 Å². The van der Waals surface area contributed by atoms with Crippen molar-refractivity contribution in [1.29, 1.82) is 0 Å². The van der Waals surface area contributed by atoms with Crippen LogP contribution in [0.25, 0.3) is 28.4 Å². The predicted molar refractivity (Wildman–Crippen MR) is 213 cm³/mol. The van der Waals surface area contributed by atoms with E-state index in [-0.39, 0.29) is 34.0 Å². The second kappa shape index (κ2) is 18.9. The first-order chi connectivity index (χ1) is 30.3. The van der Waals surface area contributed by atoms with E-state index >= 15 is 0 Å². The standard InChI is InChI=1S/C42H46O22/c1-15-28(48)31(51)34(54)40(58-15)57-14-25-38(63-26(47)10-4-17-3-9-21(44)22(45)11-17)33(53)36(56)42(62-25)64-39-30(50)27-23(46)12-20(60-41-35(55)32(52)29(49)16(2)59-41)13-24(27)61-37(39)18-5-7-19(43)8-6-18/h3-13,15-16,25,28-29,31-36,38,40-46,48-49,51-56H,14H2,1-2H3/b10-4+/t15-,16-,25+,28-,29-,31+,32+,33+,34+,35+,36+,38-,40+,41-,42-/m0/s1. The number of esters is 1. The molecule has 0 amide bonds. The van der Waals surface area contributed by atoms with Crippen molar-refractivity contribution in [2.24, 2.45) is 0 Å². The van der Waals surface area contributed by atoms with Crippen LogP contribution in [-0.4, -0.2) is 166 Å². The summed E-state index contributed by atoms with van der Waals surface area (Å²) < 4.78 is 45.8. The van der Waals surface area contributed by atoms with E-state index in [4.69, 9.17) is 37.6 Å². The SMILES string of the molecule is C[C@@H]1O[C@@H](OC[C@H]2O[C@@H](Oc3c(-c4ccc(O)cc4)oc4cc(O[C@@H]5O[C@@H](C)[C@H](O)[C@@H](O)[C@H]5O)cc(O)c4c3=O)[C@H](O)[C@@H](O)[C@H]2OC(=O)/C=C/c2ccc(O)c(O)c2)[C@H](O)[C@H](O)[C@H]1O. The summed E-state index contributed by atoms with van der Waals surface area (Å²) in [6.07, 6.45) is -22.6. The molecule has 0 aliphatic carbocycles. The van der Waals surface area contributed by atoms with Crippen LogP contribution >= 0.6 is 0 Å². The lowest BCUT2D eigenvalue weighted by Crippen LogP contribution is -2.62. The number of aliphatic hydroxyl groups excluding tert-OH is 8. The van der Waals surface area contributed by atoms with E-state index < -0.39 is 139 Å². The molecule has 3 fully saturated rings. The lowest BCUT2D eigenvalue weighted by molar-refractivity contribution is -0.319. The summed E-state index contributed by atoms with van der Waals surface area (Å²) in [5.41, 5.74) is -1.08. The smallest absolute Gasteiger partial charge is 0.331 e. The first-order valence-electron chi connectivity index (χ1n) is 19.7. The third kappa shape index (κ3) is 9.44. The largest absolute Gasteiger partial charge is 0.508 e. The van der Waals surface area contributed by atoms with E-state index in [0.717, 1.165) is 30.3 Å². The second-order valence-electron chi connectivity index (χ2n) is 15.4. The van der Waals surface area contributed by atoms with Gasteiger partial charge in [0.05, 0.1) is 18.8 Å². The Bertz CT molecular complexity index is 2390. The highest BCUT2D eigenvalue weighted by atomic mass is 16.7. The van der Waals surface area contributed by atoms with E-state index in [1.807, 2.05) is 0 Å². The summed E-state index contributed by atoms with van der Waals surface area (Å²) in [4.78, 5) is 27.4. The normalized spacial score (nSPS) is 33.2. The molecule has 12 N–H and O–H groups in total. The lowest BCUT2D eigenvalue weighted by atomic mass is 9.98. The maximum Gasteiger partial charge on any atom is 0.331 e. The molecular formula is C42H46O22. The van der Waals surface area contributed by atoms with Crippen molar-refractivity contribution in [2.75, 3.05) is 6.61 Å². The Hall–Kier alpha value is -5.60. The number of benzene rings is 3. The lowest BCUT2D eigenvalue weighted by Gasteiger charge is -2.43. The molecule has 64 heavy (non-hydrogen) atoms. The molecule has 346 valence electrons. The Morgan fingerprint density at radius 1 is 0.656 bits per heavy atom. The number of phenols is 4. The monoisotopic (exact) mass is 902 g/mol. The minimum absolute atomic E-state index is 0.0826. The van der Waals surface area contributed by atoms with Crippen molar-refractivity contribution < 1.29 is 104 Å². The van der Waals surface area contributed by atoms with Crippen LogP contribution in [-0.2, 0) is 28.5 Å². The number of carbonyl (C=O) groups excluding carboxylic acids is 1. The molecule has 7 rings (SSSR count). The van der Waals surface area contributed by atoms with Gasteiger partial charge in [0.25, 0.3) is 0 Å². The van der Waals surface area contributed by atoms with Gasteiger partial charge in [0, 0.05) is 23.8 Å². The molecule has 0 bridgehead atoms. The molecule has 0 radical (unpaired) electrons. The third-order valence-electron chi connectivity index (χ3n) is 10.9. The molecule has 0 spiro atoms. The average Bonchev–Trinajstić information content (AvgIpc) is 3.26. The van der Waals surface area contributed by atoms with E-state index in [1.165, 1.54) is 50.3 Å². The number of aromatic hydroxyl groups is 4. The summed E-state index contributed by atoms with van der Waals surface area (Å²) in [5, 5.41) is 125. The number of aliphatic hydroxyl groups is 8. The average molecular weight is 903 g/mol. The van der Waals surface area contributed by atoms with Crippen LogP contribution in [0.2, 0.25) is 0 Å². The zero-order valence-corrected chi connectivity index (χ0v) is 33.7. The second-order valence-corrected chi connectivity index (χ2v) is 15.4. The fourth-order valence-corrected chi connectivity index (χ4v) is 7.20. The fraction of sp³-hybridized carbons (Fsp3) is 0.429. The highest BCUT2D eigenvalue weighted by molar-refractivity contribution is 5.89. The molecule has 3 aliphatic heterocycles. The summed E-state index contributed by atoms with van der Waals surface area (Å²) in [5.74, 6) is -4.29. The van der Waals surface area contributed by atoms with Crippen LogP contribution in [0.4, 0.5) is 0 Å². The number of fused-ring (bicyclic) bond motifs is 1. The number of carbonyl (C=O) groups is 1. The number of ether oxygens (including phenoxy) is 7. The molecule has 3 aliphatic rings. The zero-order chi connectivity index (χ0) is 46.3. The fourth-order valence-electron chi connectivity index (χ4n) is 7.20. The number of hydrogen-bond donors (Lipinski definition) is 12. The van der Waals surface area contributed by atoms with Crippen molar-refractivity contribution >= 4 is 23.0 Å². The van der Waals surface area contributed by atoms with E-state index in [2.05, 4.69) is 0 Å². The van der Waals surface area contributed by atoms with Gasteiger partial charge in [-0.15, -0.1) is 0 Å². The Balaban J connectivity index is 1.21. The van der Waals surface area contributed by atoms with Crippen molar-refractivity contribution in [2.45, 2.75) is 106 Å². The van der Waals surface area contributed by atoms with Gasteiger partial charge in [0.15, 0.2) is 29.7 Å². The molecular weight excluding hydrogens is 856 g/mol. The van der Waals surface area contributed by atoms with E-state index in [1.54, 1.807) is 0 Å². The van der Waals surface area contributed by atoms with Crippen molar-refractivity contribution in [3.05, 3.63) is 76.5 Å². The van der Waals surface area contributed by atoms with Crippen LogP contribution in [0.1, 0.15) is 19.4 Å². The number of hydrogen-bond acceptors (Lipinski definition) is 22. The zero-order valence-electron chi connectivity index (χ0n) is 33.7. The summed E-state index contributed by atoms with van der Waals surface area (Å²) in [6.45, 7) is 2.08. The van der Waals surface area contributed by atoms with Gasteiger partial charge in [-0.3, -0.25) is 4.79 Å². The molecule has 22 heteroatoms. The summed E-state index contributed by atoms with van der Waals surface area (Å²) in [6, 6.07) is 10.9. The summed E-state index contributed by atoms with van der Waals surface area (Å²) in [7, 11) is 0. The Morgan fingerprint density at radius 3 is 1.92 bits per heavy atom. The highest BCUT2D eigenvalue weighted by Crippen LogP contribution is 2.39. The quantitative estimate of drug-likeness (QED) is 0.0477. The highest BCUT2D eigenvalue weighted by Gasteiger charge is 2.50. The van der Waals surface area contributed by atoms with Gasteiger partial charge in [0.1, 0.15) is 83.2 Å². The minimum Gasteiger partial charge on any atom is -0.508 e. The van der Waals surface area contributed by atoms with Gasteiger partial charge in [-0.1, -0.05) is 6.07 Å². The van der Waals surface area contributed by atoms with Crippen LogP contribution in [0, 0.1) is 0 Å². The molecule has 0 saturated carbocycles. The maximum absolute atomic E-state index is 14.3. The van der Waals surface area contributed by atoms with Gasteiger partial charge in [-0.2, -0.15) is 0 Å². The minimum atomic E-state index is -2.13. The van der Waals surface area contributed by atoms with Gasteiger partial charge in [-0.25, -0.2) is 4.79 Å². The maximum atomic E-state index is 14.3. The van der Waals surface area contributed by atoms with Gasteiger partial charge < -0.3 is 98.9 Å². The van der Waals surface area contributed by atoms with Gasteiger partial charge in [0.2, 0.25) is 23.8 Å². The predicted octanol–water partition coefficient (Wildman–Crippen LogP) is -1.22. The van der Waals surface area contributed by atoms with E-state index in [0.29, 0.717) is 0 Å². The van der Waals surface area contributed by atoms with Crippen molar-refractivity contribution in [3.8, 4) is 45.8 Å². The van der Waals surface area contributed by atoms with Crippen LogP contribution in [0.3, 0.4) is 0 Å². The van der Waals surface area contributed by atoms with Gasteiger partial charge >= 0.3 is 5.97 Å². The first kappa shape index (κ1) is 46.4. The topological polar surface area (TPSA) is 355 Å². The molecule has 4 heterocycles. The Morgan fingerprint density at radius 2 is 1.27 bits per heavy atom. The van der Waals surface area contributed by atoms with Crippen LogP contribution in [0.15, 0.2) is 69.9 Å². The van der Waals surface area contributed by atoms with E-state index in [9.17, 15) is 70.9 Å². The van der Waals surface area contributed by atoms with Gasteiger partial charge in [-0.05, 0) is 61.9 Å². The molecule has 1 aromatic heterocycles. The third-order valence-corrected chi connectivity index (χ3v) is 10.9. The molecule has 15 atom stereocenters. The van der Waals surface area contributed by atoms with Crippen molar-refractivity contribution in [3.63, 3.8) is 0 Å². The van der Waals surface area contributed by atoms with Crippen LogP contribution in [0.5, 0.6) is 34.5 Å². The van der Waals surface area contributed by atoms with Crippen LogP contribution < -0.4 is 14.9 Å². The number of phenolic OH excluding ortho intramolecular Hbond substituents is 4. The molecule has 4 aromatic rings. The molecule has 3 saturated heterocycles. The Kier molecular flexibility index (Phi) is 13.7. The molecule has 3 aromatic carbocycles. The number of rotatable bonds is 11. The summed E-state index contributed by atoms with van der Waals surface area (Å²) >= 11 is 0. The first-order valence-corrected chi connectivity index (χ1v) is 19.7. The molecule has 0 unspecified atom stereocenters.